The van der Waals surface area contributed by atoms with Gasteiger partial charge in [0, 0.05) is 27.3 Å². The van der Waals surface area contributed by atoms with Crippen LogP contribution in [0.4, 0.5) is 0 Å². The van der Waals surface area contributed by atoms with Gasteiger partial charge in [0.15, 0.2) is 0 Å². The molecule has 90 valence electrons. The number of halogens is 1. The number of nitrogens with two attached hydrogens (primary N) is 1. The third-order valence-corrected chi connectivity index (χ3v) is 4.75. The lowest BCUT2D eigenvalue weighted by atomic mass is 10.0. The van der Waals surface area contributed by atoms with Crippen LogP contribution >= 0.6 is 27.3 Å². The molecule has 1 atom stereocenters. The lowest BCUT2D eigenvalue weighted by Gasteiger charge is -2.12. The molecule has 3 aromatic rings. The Balaban J connectivity index is 2.18. The summed E-state index contributed by atoms with van der Waals surface area (Å²) in [5.41, 5.74) is 9.09. The fourth-order valence-corrected chi connectivity index (χ4v) is 3.57. The van der Waals surface area contributed by atoms with Gasteiger partial charge >= 0.3 is 0 Å². The first-order valence-corrected chi connectivity index (χ1v) is 7.13. The molecule has 0 fully saturated rings. The van der Waals surface area contributed by atoms with Crippen LogP contribution in [0.15, 0.2) is 46.5 Å². The van der Waals surface area contributed by atoms with Gasteiger partial charge in [-0.1, -0.05) is 12.1 Å². The van der Waals surface area contributed by atoms with Crippen LogP contribution in [-0.4, -0.2) is 9.97 Å². The zero-order valence-corrected chi connectivity index (χ0v) is 11.8. The summed E-state index contributed by atoms with van der Waals surface area (Å²) in [6.07, 6.45) is 3.39. The van der Waals surface area contributed by atoms with E-state index in [0.717, 1.165) is 25.9 Å². The Morgan fingerprint density at radius 1 is 1.17 bits per heavy atom. The van der Waals surface area contributed by atoms with E-state index in [1.54, 1.807) is 23.7 Å². The summed E-state index contributed by atoms with van der Waals surface area (Å²) < 4.78 is 1.04. The molecule has 0 aliphatic heterocycles. The zero-order chi connectivity index (χ0) is 12.5. The Bertz CT molecular complexity index is 690. The maximum atomic E-state index is 6.34. The third-order valence-electron chi connectivity index (χ3n) is 2.79. The number of nitrogens with zero attached hydrogens (tertiary/aromatic N) is 2. The number of benzene rings is 1. The number of para-hydroxylation sites is 1. The van der Waals surface area contributed by atoms with Crippen molar-refractivity contribution in [1.29, 1.82) is 0 Å². The van der Waals surface area contributed by atoms with Gasteiger partial charge < -0.3 is 5.73 Å². The van der Waals surface area contributed by atoms with E-state index >= 15 is 0 Å². The summed E-state index contributed by atoms with van der Waals surface area (Å²) in [6, 6.07) is 7.75. The number of fused-ring (bicyclic) bond motifs is 1. The van der Waals surface area contributed by atoms with Crippen LogP contribution in [0.2, 0.25) is 0 Å². The van der Waals surface area contributed by atoms with Crippen molar-refractivity contribution < 1.29 is 0 Å². The average molecular weight is 320 g/mol. The molecule has 2 aromatic heterocycles. The molecule has 0 spiro atoms. The first-order chi connectivity index (χ1) is 8.77. The van der Waals surface area contributed by atoms with Gasteiger partial charge in [-0.05, 0) is 33.4 Å². The van der Waals surface area contributed by atoms with Crippen molar-refractivity contribution in [3.8, 4) is 0 Å². The SMILES string of the molecule is NC(c1sccc1Br)c1cccc2nccnc12. The molecule has 3 nitrogen and oxygen atoms in total. The molecule has 0 aliphatic rings. The number of hydrogen-bond acceptors (Lipinski definition) is 4. The number of aromatic nitrogens is 2. The quantitative estimate of drug-likeness (QED) is 0.786. The van der Waals surface area contributed by atoms with Gasteiger partial charge in [0.1, 0.15) is 0 Å². The van der Waals surface area contributed by atoms with Crippen molar-refractivity contribution in [2.45, 2.75) is 6.04 Å². The molecule has 1 aromatic carbocycles. The Labute approximate surface area is 117 Å². The summed E-state index contributed by atoms with van der Waals surface area (Å²) in [6.45, 7) is 0. The molecule has 0 aliphatic carbocycles. The van der Waals surface area contributed by atoms with Gasteiger partial charge in [-0.3, -0.25) is 9.97 Å². The summed E-state index contributed by atoms with van der Waals surface area (Å²) >= 11 is 5.16. The minimum Gasteiger partial charge on any atom is -0.320 e. The lowest BCUT2D eigenvalue weighted by molar-refractivity contribution is 0.894. The van der Waals surface area contributed by atoms with Crippen LogP contribution in [0.25, 0.3) is 11.0 Å². The van der Waals surface area contributed by atoms with Gasteiger partial charge in [0.05, 0.1) is 17.1 Å². The van der Waals surface area contributed by atoms with Gasteiger partial charge in [-0.2, -0.15) is 0 Å². The van der Waals surface area contributed by atoms with E-state index in [-0.39, 0.29) is 6.04 Å². The van der Waals surface area contributed by atoms with E-state index in [2.05, 4.69) is 25.9 Å². The molecule has 2 N–H and O–H groups in total. The second-order valence-electron chi connectivity index (χ2n) is 3.88. The highest BCUT2D eigenvalue weighted by Gasteiger charge is 2.16. The zero-order valence-electron chi connectivity index (χ0n) is 9.38. The summed E-state index contributed by atoms with van der Waals surface area (Å²) in [5.74, 6) is 0. The second-order valence-corrected chi connectivity index (χ2v) is 5.68. The van der Waals surface area contributed by atoms with Crippen LogP contribution < -0.4 is 5.73 Å². The van der Waals surface area contributed by atoms with Crippen LogP contribution in [0.3, 0.4) is 0 Å². The fourth-order valence-electron chi connectivity index (χ4n) is 1.93. The molecule has 0 saturated carbocycles. The van der Waals surface area contributed by atoms with Gasteiger partial charge in [0.25, 0.3) is 0 Å². The number of hydrogen-bond donors (Lipinski definition) is 1. The Kier molecular flexibility index (Phi) is 3.11. The monoisotopic (exact) mass is 319 g/mol. The predicted molar refractivity (Wildman–Crippen MR) is 77.6 cm³/mol. The smallest absolute Gasteiger partial charge is 0.0938 e. The number of thiophene rings is 1. The molecular formula is C13H10BrN3S. The van der Waals surface area contributed by atoms with E-state index in [9.17, 15) is 0 Å². The van der Waals surface area contributed by atoms with Crippen molar-refractivity contribution in [2.24, 2.45) is 5.73 Å². The molecule has 3 rings (SSSR count). The molecule has 0 radical (unpaired) electrons. The molecule has 2 heterocycles. The van der Waals surface area contributed by atoms with Gasteiger partial charge in [0.2, 0.25) is 0 Å². The van der Waals surface area contributed by atoms with E-state index in [1.807, 2.05) is 29.6 Å². The summed E-state index contributed by atoms with van der Waals surface area (Å²) in [5, 5.41) is 2.02. The number of rotatable bonds is 2. The topological polar surface area (TPSA) is 51.8 Å². The fraction of sp³-hybridized carbons (Fsp3) is 0.0769. The molecule has 1 unspecified atom stereocenters. The highest BCUT2D eigenvalue weighted by Crippen LogP contribution is 2.33. The van der Waals surface area contributed by atoms with E-state index in [1.165, 1.54) is 0 Å². The van der Waals surface area contributed by atoms with E-state index in [4.69, 9.17) is 5.73 Å². The van der Waals surface area contributed by atoms with Crippen molar-refractivity contribution in [3.05, 3.63) is 57.0 Å². The van der Waals surface area contributed by atoms with Crippen molar-refractivity contribution in [2.75, 3.05) is 0 Å². The van der Waals surface area contributed by atoms with E-state index < -0.39 is 0 Å². The predicted octanol–water partition coefficient (Wildman–Crippen LogP) is 3.50. The van der Waals surface area contributed by atoms with Crippen LogP contribution in [0, 0.1) is 0 Å². The molecule has 5 heteroatoms. The summed E-state index contributed by atoms with van der Waals surface area (Å²) in [7, 11) is 0. The minimum absolute atomic E-state index is 0.181. The summed E-state index contributed by atoms with van der Waals surface area (Å²) in [4.78, 5) is 9.80. The highest BCUT2D eigenvalue weighted by atomic mass is 79.9. The van der Waals surface area contributed by atoms with Crippen molar-refractivity contribution in [3.63, 3.8) is 0 Å². The average Bonchev–Trinajstić information content (AvgIpc) is 2.83. The van der Waals surface area contributed by atoms with E-state index in [0.29, 0.717) is 0 Å². The Morgan fingerprint density at radius 2 is 2.00 bits per heavy atom. The first kappa shape index (κ1) is 11.8. The maximum Gasteiger partial charge on any atom is 0.0938 e. The standard InChI is InChI=1S/C13H10BrN3S/c14-9-4-7-18-13(9)11(15)8-2-1-3-10-12(8)17-6-5-16-10/h1-7,11H,15H2. The van der Waals surface area contributed by atoms with Crippen molar-refractivity contribution in [1.82, 2.24) is 9.97 Å². The molecule has 18 heavy (non-hydrogen) atoms. The van der Waals surface area contributed by atoms with Crippen LogP contribution in [0.1, 0.15) is 16.5 Å². The Morgan fingerprint density at radius 3 is 2.78 bits per heavy atom. The van der Waals surface area contributed by atoms with Gasteiger partial charge in [-0.15, -0.1) is 11.3 Å². The third kappa shape index (κ3) is 1.94. The van der Waals surface area contributed by atoms with Gasteiger partial charge in [-0.25, -0.2) is 0 Å². The highest BCUT2D eigenvalue weighted by molar-refractivity contribution is 9.10. The Hall–Kier alpha value is -1.30. The minimum atomic E-state index is -0.181. The molecule has 0 saturated heterocycles. The largest absolute Gasteiger partial charge is 0.320 e. The molecule has 0 bridgehead atoms. The van der Waals surface area contributed by atoms with Crippen LogP contribution in [-0.2, 0) is 0 Å². The normalized spacial score (nSPS) is 12.8. The van der Waals surface area contributed by atoms with Crippen molar-refractivity contribution >= 4 is 38.3 Å². The molecular weight excluding hydrogens is 310 g/mol. The maximum absolute atomic E-state index is 6.34. The second kappa shape index (κ2) is 4.76. The first-order valence-electron chi connectivity index (χ1n) is 5.45. The molecule has 0 amide bonds. The lowest BCUT2D eigenvalue weighted by Crippen LogP contribution is -2.11. The van der Waals surface area contributed by atoms with Crippen LogP contribution in [0.5, 0.6) is 0 Å².